The zero-order valence-corrected chi connectivity index (χ0v) is 20.8. The Kier molecular flexibility index (Phi) is 7.13. The van der Waals surface area contributed by atoms with E-state index in [0.29, 0.717) is 16.8 Å². The zero-order chi connectivity index (χ0) is 25.3. The summed E-state index contributed by atoms with van der Waals surface area (Å²) in [6.07, 6.45) is 0.224. The molecule has 3 unspecified atom stereocenters. The molecular weight excluding hydrogens is 468 g/mol. The maximum Gasteiger partial charge on any atom is 0.526 e. The van der Waals surface area contributed by atoms with E-state index < -0.39 is 31.1 Å². The van der Waals surface area contributed by atoms with Crippen molar-refractivity contribution in [2.75, 3.05) is 0 Å². The second kappa shape index (κ2) is 9.94. The summed E-state index contributed by atoms with van der Waals surface area (Å²) in [4.78, 5) is 28.4. The average molecular weight is 496 g/mol. The third-order valence-electron chi connectivity index (χ3n) is 6.69. The van der Waals surface area contributed by atoms with Crippen LogP contribution in [0.1, 0.15) is 50.3 Å². The molecule has 1 saturated carbocycles. The van der Waals surface area contributed by atoms with Crippen molar-refractivity contribution in [1.29, 1.82) is 0 Å². The standard InChI is InChI=1S/C27H27FNO5P/c1-4-27(17(3)30,35(32)33)26(31)34-25-22(18-12-14-21(28)15-13-18)16(2)23(19-8-6-5-7-9-19)29-24(25)20-10-11-20/h5-9,12-15,17,20,30H,4,10-11H2,1-3H3/p+1. The number of hydrogen-bond donors (Lipinski definition) is 2. The SMILES string of the molecule is CCC(C(=O)Oc1c(C2CC2)nc(-c2ccccc2)c(C)c1-c1ccc(F)cc1)(C(C)O)[P+](=O)O. The quantitative estimate of drug-likeness (QED) is 0.297. The van der Waals surface area contributed by atoms with Gasteiger partial charge in [-0.3, -0.25) is 0 Å². The van der Waals surface area contributed by atoms with E-state index in [1.807, 2.05) is 37.3 Å². The molecule has 3 aromatic rings. The van der Waals surface area contributed by atoms with Gasteiger partial charge in [0.15, 0.2) is 5.75 Å². The summed E-state index contributed by atoms with van der Waals surface area (Å²) in [7, 11) is -3.10. The molecule has 0 saturated heterocycles. The maximum atomic E-state index is 13.8. The Labute approximate surface area is 204 Å². The summed E-state index contributed by atoms with van der Waals surface area (Å²) in [5, 5.41) is 8.35. The molecule has 2 N–H and O–H groups in total. The molecule has 182 valence electrons. The number of hydrogen-bond acceptors (Lipinski definition) is 5. The van der Waals surface area contributed by atoms with E-state index in [0.717, 1.165) is 29.7 Å². The van der Waals surface area contributed by atoms with Crippen molar-refractivity contribution in [2.45, 2.75) is 57.2 Å². The Morgan fingerprint density at radius 1 is 1.17 bits per heavy atom. The van der Waals surface area contributed by atoms with Gasteiger partial charge in [0.25, 0.3) is 0 Å². The van der Waals surface area contributed by atoms with Crippen LogP contribution in [0.4, 0.5) is 4.39 Å². The second-order valence-electron chi connectivity index (χ2n) is 8.94. The number of nitrogens with zero attached hydrogens (tertiary/aromatic N) is 1. The molecule has 0 aliphatic heterocycles. The first kappa shape index (κ1) is 25.1. The summed E-state index contributed by atoms with van der Waals surface area (Å²) < 4.78 is 32.0. The minimum Gasteiger partial charge on any atom is -0.420 e. The Hall–Kier alpha value is -2.99. The number of aliphatic hydroxyl groups is 1. The molecule has 0 bridgehead atoms. The first-order valence-electron chi connectivity index (χ1n) is 11.6. The van der Waals surface area contributed by atoms with Gasteiger partial charge in [0, 0.05) is 23.5 Å². The highest BCUT2D eigenvalue weighted by Gasteiger charge is 2.61. The van der Waals surface area contributed by atoms with Crippen LogP contribution in [0.25, 0.3) is 22.4 Å². The van der Waals surface area contributed by atoms with Gasteiger partial charge in [-0.05, 0) is 54.5 Å². The Bertz CT molecular complexity index is 1260. The van der Waals surface area contributed by atoms with Crippen molar-refractivity contribution in [3.05, 3.63) is 71.7 Å². The molecule has 6 nitrogen and oxygen atoms in total. The fourth-order valence-corrected chi connectivity index (χ4v) is 5.21. The van der Waals surface area contributed by atoms with E-state index in [1.165, 1.54) is 19.1 Å². The number of benzene rings is 2. The smallest absolute Gasteiger partial charge is 0.420 e. The van der Waals surface area contributed by atoms with Crippen LogP contribution in [-0.2, 0) is 9.36 Å². The summed E-state index contributed by atoms with van der Waals surface area (Å²) >= 11 is 0. The van der Waals surface area contributed by atoms with Crippen LogP contribution >= 0.6 is 8.03 Å². The molecule has 3 atom stereocenters. The molecule has 2 aromatic carbocycles. The number of ether oxygens (including phenoxy) is 1. The van der Waals surface area contributed by atoms with Crippen LogP contribution in [0.2, 0.25) is 0 Å². The highest BCUT2D eigenvalue weighted by atomic mass is 31.1. The number of carbonyl (C=O) groups excluding carboxylic acids is 1. The van der Waals surface area contributed by atoms with E-state index in [-0.39, 0.29) is 18.1 Å². The number of aliphatic hydroxyl groups excluding tert-OH is 1. The van der Waals surface area contributed by atoms with Crippen molar-refractivity contribution >= 4 is 14.0 Å². The van der Waals surface area contributed by atoms with Crippen molar-refractivity contribution in [3.63, 3.8) is 0 Å². The van der Waals surface area contributed by atoms with Gasteiger partial charge in [-0.1, -0.05) is 49.4 Å². The van der Waals surface area contributed by atoms with Gasteiger partial charge in [0.1, 0.15) is 11.9 Å². The van der Waals surface area contributed by atoms with Crippen molar-refractivity contribution < 1.29 is 28.5 Å². The Morgan fingerprint density at radius 2 is 1.80 bits per heavy atom. The summed E-state index contributed by atoms with van der Waals surface area (Å²) in [6.45, 7) is 4.72. The molecule has 0 spiro atoms. The number of aromatic nitrogens is 1. The summed E-state index contributed by atoms with van der Waals surface area (Å²) in [5.41, 5.74) is 4.10. The molecule has 1 aromatic heterocycles. The number of halogens is 1. The lowest BCUT2D eigenvalue weighted by molar-refractivity contribution is -0.140. The topological polar surface area (TPSA) is 96.7 Å². The molecular formula is C27H28FNO5P+. The van der Waals surface area contributed by atoms with Gasteiger partial charge >= 0.3 is 19.2 Å². The monoisotopic (exact) mass is 496 g/mol. The van der Waals surface area contributed by atoms with Crippen molar-refractivity contribution in [3.8, 4) is 28.1 Å². The lowest BCUT2D eigenvalue weighted by Gasteiger charge is -2.24. The van der Waals surface area contributed by atoms with Crippen molar-refractivity contribution in [1.82, 2.24) is 4.98 Å². The number of rotatable bonds is 8. The van der Waals surface area contributed by atoms with Crippen LogP contribution in [0.3, 0.4) is 0 Å². The minimum atomic E-state index is -3.10. The molecule has 0 radical (unpaired) electrons. The first-order chi connectivity index (χ1) is 16.7. The number of esters is 1. The van der Waals surface area contributed by atoms with Crippen LogP contribution < -0.4 is 4.74 Å². The molecule has 1 heterocycles. The van der Waals surface area contributed by atoms with E-state index >= 15 is 0 Å². The van der Waals surface area contributed by atoms with Gasteiger partial charge in [0.2, 0.25) is 0 Å². The van der Waals surface area contributed by atoms with Crippen LogP contribution in [-0.4, -0.2) is 32.2 Å². The zero-order valence-electron chi connectivity index (χ0n) is 19.9. The van der Waals surface area contributed by atoms with Gasteiger partial charge in [-0.25, -0.2) is 14.2 Å². The lowest BCUT2D eigenvalue weighted by atomic mass is 9.93. The minimum absolute atomic E-state index is 0.0607. The largest absolute Gasteiger partial charge is 0.526 e. The van der Waals surface area contributed by atoms with Gasteiger partial charge in [-0.15, -0.1) is 0 Å². The van der Waals surface area contributed by atoms with E-state index in [2.05, 4.69) is 0 Å². The molecule has 0 amide bonds. The summed E-state index contributed by atoms with van der Waals surface area (Å²) in [5.74, 6) is -1.14. The second-order valence-corrected chi connectivity index (χ2v) is 10.3. The molecule has 1 aliphatic carbocycles. The normalized spacial score (nSPS) is 16.3. The molecule has 1 aliphatic rings. The molecule has 35 heavy (non-hydrogen) atoms. The highest BCUT2D eigenvalue weighted by Crippen LogP contribution is 2.51. The van der Waals surface area contributed by atoms with Gasteiger partial charge in [0.05, 0.1) is 11.4 Å². The fraction of sp³-hybridized carbons (Fsp3) is 0.333. The van der Waals surface area contributed by atoms with Crippen LogP contribution in [0.15, 0.2) is 54.6 Å². The lowest BCUT2D eigenvalue weighted by Crippen LogP contribution is -2.47. The van der Waals surface area contributed by atoms with Gasteiger partial charge in [-0.2, -0.15) is 4.89 Å². The predicted molar refractivity (Wildman–Crippen MR) is 132 cm³/mol. The Morgan fingerprint density at radius 3 is 2.31 bits per heavy atom. The molecule has 8 heteroatoms. The van der Waals surface area contributed by atoms with Crippen LogP contribution in [0.5, 0.6) is 5.75 Å². The molecule has 4 rings (SSSR count). The van der Waals surface area contributed by atoms with Gasteiger partial charge < -0.3 is 9.84 Å². The number of pyridine rings is 1. The van der Waals surface area contributed by atoms with Crippen molar-refractivity contribution in [2.24, 2.45) is 0 Å². The predicted octanol–water partition coefficient (Wildman–Crippen LogP) is 5.91. The highest BCUT2D eigenvalue weighted by molar-refractivity contribution is 7.41. The maximum absolute atomic E-state index is 13.8. The first-order valence-corrected chi connectivity index (χ1v) is 12.8. The summed E-state index contributed by atoms with van der Waals surface area (Å²) in [6, 6.07) is 15.5. The Balaban J connectivity index is 1.97. The molecule has 1 fully saturated rings. The van der Waals surface area contributed by atoms with E-state index in [4.69, 9.17) is 9.72 Å². The average Bonchev–Trinajstić information content (AvgIpc) is 3.66. The fourth-order valence-electron chi connectivity index (χ4n) is 4.41. The van der Waals surface area contributed by atoms with Crippen LogP contribution in [0, 0.1) is 12.7 Å². The van der Waals surface area contributed by atoms with E-state index in [9.17, 15) is 23.7 Å². The third-order valence-corrected chi connectivity index (χ3v) is 8.24. The third kappa shape index (κ3) is 4.64. The van der Waals surface area contributed by atoms with E-state index in [1.54, 1.807) is 19.1 Å². The number of carbonyl (C=O) groups is 1.